The van der Waals surface area contributed by atoms with Crippen molar-refractivity contribution in [2.75, 3.05) is 0 Å². The fraction of sp³-hybridized carbons (Fsp3) is 0. The van der Waals surface area contributed by atoms with E-state index in [1.807, 2.05) is 54.6 Å². The summed E-state index contributed by atoms with van der Waals surface area (Å²) in [5.74, 6) is 2.06. The first-order chi connectivity index (χ1) is 17.8. The Labute approximate surface area is 229 Å². The van der Waals surface area contributed by atoms with E-state index >= 15 is 0 Å². The summed E-state index contributed by atoms with van der Waals surface area (Å²) >= 11 is 1.59. The Hall–Kier alpha value is -3.99. The molecule has 5 nitrogen and oxygen atoms in total. The molecule has 3 aromatic carbocycles. The van der Waals surface area contributed by atoms with Crippen LogP contribution in [-0.2, 0) is 21.1 Å². The zero-order valence-electron chi connectivity index (χ0n) is 19.0. The van der Waals surface area contributed by atoms with Crippen molar-refractivity contribution >= 4 is 64.6 Å². The van der Waals surface area contributed by atoms with Gasteiger partial charge in [-0.3, -0.25) is 4.98 Å². The van der Waals surface area contributed by atoms with Crippen molar-refractivity contribution in [3.63, 3.8) is 0 Å². The van der Waals surface area contributed by atoms with E-state index in [0.29, 0.717) is 11.5 Å². The summed E-state index contributed by atoms with van der Waals surface area (Å²) in [6, 6.07) is 33.0. The van der Waals surface area contributed by atoms with Crippen molar-refractivity contribution in [1.29, 1.82) is 0 Å². The summed E-state index contributed by atoms with van der Waals surface area (Å²) in [5.41, 5.74) is 3.62. The maximum atomic E-state index is 6.30. The third kappa shape index (κ3) is 3.40. The molecule has 37 heavy (non-hydrogen) atoms. The SMILES string of the molecule is [Pt+2].[c-]1c(Oc2[c-]c3c(cc2)c2ccccc2n3-c2ccccn2)ccc2sc3oc4cccnc4c3c12. The first-order valence-electron chi connectivity index (χ1n) is 11.5. The van der Waals surface area contributed by atoms with Crippen molar-refractivity contribution in [2.45, 2.75) is 0 Å². The van der Waals surface area contributed by atoms with Crippen molar-refractivity contribution in [3.05, 3.63) is 103 Å². The number of hydrogen-bond acceptors (Lipinski definition) is 5. The predicted octanol–water partition coefficient (Wildman–Crippen LogP) is 8.08. The third-order valence-electron chi connectivity index (χ3n) is 6.40. The van der Waals surface area contributed by atoms with E-state index in [9.17, 15) is 0 Å². The van der Waals surface area contributed by atoms with Crippen molar-refractivity contribution in [3.8, 4) is 17.3 Å². The van der Waals surface area contributed by atoms with Crippen LogP contribution in [0.2, 0.25) is 0 Å². The molecule has 0 atom stereocenters. The first kappa shape index (κ1) is 22.2. The number of rotatable bonds is 3. The van der Waals surface area contributed by atoms with Gasteiger partial charge < -0.3 is 13.7 Å². The van der Waals surface area contributed by atoms with Gasteiger partial charge in [-0.1, -0.05) is 46.6 Å². The molecule has 0 aliphatic rings. The van der Waals surface area contributed by atoms with Crippen LogP contribution >= 0.6 is 11.3 Å². The summed E-state index contributed by atoms with van der Waals surface area (Å²) in [6.45, 7) is 0. The molecule has 8 rings (SSSR count). The number of ether oxygens (including phenoxy) is 1. The van der Waals surface area contributed by atoms with Gasteiger partial charge in [0.05, 0.1) is 5.52 Å². The molecule has 0 aliphatic heterocycles. The van der Waals surface area contributed by atoms with Crippen molar-refractivity contribution in [2.24, 2.45) is 0 Å². The second kappa shape index (κ2) is 8.55. The van der Waals surface area contributed by atoms with E-state index in [2.05, 4.69) is 50.9 Å². The molecule has 7 heteroatoms. The maximum Gasteiger partial charge on any atom is 2.00 e. The number of aromatic nitrogens is 3. The minimum atomic E-state index is 0. The number of benzene rings is 3. The van der Waals surface area contributed by atoms with Gasteiger partial charge in [0.25, 0.3) is 0 Å². The molecule has 0 N–H and O–H groups in total. The van der Waals surface area contributed by atoms with Crippen LogP contribution in [0.15, 0.2) is 95.7 Å². The number of nitrogens with zero attached hydrogens (tertiary/aromatic N) is 3. The number of fused-ring (bicyclic) bond motifs is 8. The second-order valence-corrected chi connectivity index (χ2v) is 9.52. The maximum absolute atomic E-state index is 6.30. The van der Waals surface area contributed by atoms with Gasteiger partial charge in [0.15, 0.2) is 0 Å². The molecule has 0 saturated carbocycles. The fourth-order valence-corrected chi connectivity index (χ4v) is 5.89. The van der Waals surface area contributed by atoms with Crippen LogP contribution in [0.3, 0.4) is 0 Å². The van der Waals surface area contributed by atoms with Crippen LogP contribution in [0.25, 0.3) is 59.1 Å². The summed E-state index contributed by atoms with van der Waals surface area (Å²) in [7, 11) is 0. The zero-order valence-corrected chi connectivity index (χ0v) is 22.1. The van der Waals surface area contributed by atoms with Gasteiger partial charge in [-0.05, 0) is 41.1 Å². The van der Waals surface area contributed by atoms with Crippen LogP contribution in [0.5, 0.6) is 11.5 Å². The number of para-hydroxylation sites is 1. The Morgan fingerprint density at radius 3 is 2.54 bits per heavy atom. The molecule has 0 bridgehead atoms. The summed E-state index contributed by atoms with van der Waals surface area (Å²) in [5, 5.41) is 4.17. The van der Waals surface area contributed by atoms with E-state index in [1.54, 1.807) is 23.7 Å². The molecular formula is C30H15N3O2PtS. The van der Waals surface area contributed by atoms with Crippen molar-refractivity contribution < 1.29 is 30.2 Å². The summed E-state index contributed by atoms with van der Waals surface area (Å²) in [6.07, 6.45) is 3.59. The van der Waals surface area contributed by atoms with E-state index in [4.69, 9.17) is 9.15 Å². The van der Waals surface area contributed by atoms with Crippen LogP contribution < -0.4 is 4.74 Å². The number of thiophene rings is 1. The fourth-order valence-electron chi connectivity index (χ4n) is 4.87. The topological polar surface area (TPSA) is 53.1 Å². The summed E-state index contributed by atoms with van der Waals surface area (Å²) < 4.78 is 15.5. The molecule has 8 aromatic rings. The molecule has 0 fully saturated rings. The second-order valence-electron chi connectivity index (χ2n) is 8.51. The molecule has 0 unspecified atom stereocenters. The van der Waals surface area contributed by atoms with Gasteiger partial charge in [0, 0.05) is 29.4 Å². The smallest absolute Gasteiger partial charge is 0.503 e. The van der Waals surface area contributed by atoms with E-state index in [-0.39, 0.29) is 21.1 Å². The molecule has 0 saturated heterocycles. The number of furan rings is 1. The average molecular weight is 677 g/mol. The number of pyridine rings is 2. The van der Waals surface area contributed by atoms with Gasteiger partial charge in [-0.25, -0.2) is 4.98 Å². The van der Waals surface area contributed by atoms with Crippen LogP contribution in [0, 0.1) is 12.1 Å². The monoisotopic (exact) mass is 676 g/mol. The van der Waals surface area contributed by atoms with E-state index in [0.717, 1.165) is 59.1 Å². The standard InChI is InChI=1S/C30H15N3O2S.Pt/c1-2-7-23-20(6-1)21-12-10-19(17-24(21)33(23)27-9-3-4-14-31-27)34-18-11-13-26-22(16-18)28-29-25(8-5-15-32-29)35-30(28)36-26;/h1-15H;/q-2;+2. The van der Waals surface area contributed by atoms with E-state index < -0.39 is 0 Å². The Morgan fingerprint density at radius 2 is 1.62 bits per heavy atom. The predicted molar refractivity (Wildman–Crippen MR) is 143 cm³/mol. The minimum absolute atomic E-state index is 0. The van der Waals surface area contributed by atoms with Gasteiger partial charge in [-0.15, -0.1) is 29.0 Å². The number of hydrogen-bond donors (Lipinski definition) is 0. The minimum Gasteiger partial charge on any atom is -0.503 e. The van der Waals surface area contributed by atoms with Crippen LogP contribution in [0.4, 0.5) is 0 Å². The zero-order chi connectivity index (χ0) is 23.6. The van der Waals surface area contributed by atoms with Gasteiger partial charge in [0.2, 0.25) is 0 Å². The average Bonchev–Trinajstić information content (AvgIpc) is 3.56. The molecule has 0 aliphatic carbocycles. The molecule has 5 heterocycles. The third-order valence-corrected chi connectivity index (χ3v) is 7.44. The normalized spacial score (nSPS) is 11.6. The molecule has 0 radical (unpaired) electrons. The first-order valence-corrected chi connectivity index (χ1v) is 12.3. The molecule has 0 spiro atoms. The van der Waals surface area contributed by atoms with E-state index in [1.165, 1.54) is 0 Å². The quantitative estimate of drug-likeness (QED) is 0.178. The van der Waals surface area contributed by atoms with Gasteiger partial charge in [-0.2, -0.15) is 17.4 Å². The summed E-state index contributed by atoms with van der Waals surface area (Å²) in [4.78, 5) is 9.98. The molecule has 178 valence electrons. The van der Waals surface area contributed by atoms with Gasteiger partial charge in [0.1, 0.15) is 16.3 Å². The van der Waals surface area contributed by atoms with Crippen molar-refractivity contribution in [1.82, 2.24) is 14.5 Å². The Balaban J connectivity index is 0.00000231. The molecule has 5 aromatic heterocycles. The Bertz CT molecular complexity index is 2090. The van der Waals surface area contributed by atoms with Crippen LogP contribution in [-0.4, -0.2) is 14.5 Å². The molecular weight excluding hydrogens is 661 g/mol. The largest absolute Gasteiger partial charge is 2.00 e. The molecule has 0 amide bonds. The van der Waals surface area contributed by atoms with Gasteiger partial charge >= 0.3 is 21.1 Å². The van der Waals surface area contributed by atoms with Crippen LogP contribution in [0.1, 0.15) is 0 Å². The Kier molecular flexibility index (Phi) is 5.13. The Morgan fingerprint density at radius 1 is 0.784 bits per heavy atom.